The molecule has 0 bridgehead atoms. The highest BCUT2D eigenvalue weighted by atomic mass is 16.4. The highest BCUT2D eigenvalue weighted by Gasteiger charge is 2.34. The lowest BCUT2D eigenvalue weighted by Crippen LogP contribution is -2.44. The third-order valence-electron chi connectivity index (χ3n) is 4.36. The molecular formula is C19H19N3O3. The molecule has 6 heteroatoms. The van der Waals surface area contributed by atoms with E-state index in [4.69, 9.17) is 4.42 Å². The van der Waals surface area contributed by atoms with Gasteiger partial charge in [-0.3, -0.25) is 9.78 Å². The Morgan fingerprint density at radius 2 is 1.92 bits per heavy atom. The molecule has 3 aromatic rings. The third-order valence-corrected chi connectivity index (χ3v) is 4.36. The first kappa shape index (κ1) is 15.5. The Balaban J connectivity index is 1.88. The first-order valence-electron chi connectivity index (χ1n) is 8.33. The van der Waals surface area contributed by atoms with Crippen LogP contribution in [0.4, 0.5) is 5.69 Å². The number of H-pyrrole nitrogens is 1. The number of hydrogen-bond donors (Lipinski definition) is 2. The lowest BCUT2D eigenvalue weighted by Gasteiger charge is -2.39. The van der Waals surface area contributed by atoms with Crippen LogP contribution in [0.1, 0.15) is 35.9 Å². The first-order chi connectivity index (χ1) is 12.0. The molecule has 1 amide bonds. The molecule has 0 spiro atoms. The van der Waals surface area contributed by atoms with Crippen LogP contribution in [0, 0.1) is 5.92 Å². The molecule has 1 aliphatic rings. The minimum absolute atomic E-state index is 0.0251. The van der Waals surface area contributed by atoms with Gasteiger partial charge in [-0.25, -0.2) is 4.79 Å². The summed E-state index contributed by atoms with van der Waals surface area (Å²) in [6, 6.07) is 13.0. The van der Waals surface area contributed by atoms with Crippen LogP contribution in [-0.2, 0) is 0 Å². The summed E-state index contributed by atoms with van der Waals surface area (Å²) < 4.78 is 5.34. The van der Waals surface area contributed by atoms with Gasteiger partial charge in [0.15, 0.2) is 5.58 Å². The molecule has 1 aliphatic heterocycles. The van der Waals surface area contributed by atoms with Gasteiger partial charge in [0, 0.05) is 17.8 Å². The molecule has 2 heterocycles. The molecule has 25 heavy (non-hydrogen) atoms. The zero-order valence-electron chi connectivity index (χ0n) is 14.1. The van der Waals surface area contributed by atoms with Crippen molar-refractivity contribution in [3.63, 3.8) is 0 Å². The van der Waals surface area contributed by atoms with E-state index in [2.05, 4.69) is 24.1 Å². The average Bonchev–Trinajstić information content (AvgIpc) is 2.97. The van der Waals surface area contributed by atoms with Crippen molar-refractivity contribution in [1.82, 2.24) is 9.88 Å². The summed E-state index contributed by atoms with van der Waals surface area (Å²) in [5, 5.41) is 3.43. The minimum Gasteiger partial charge on any atom is -0.407 e. The van der Waals surface area contributed by atoms with Crippen molar-refractivity contribution in [2.45, 2.75) is 20.0 Å². The number of anilines is 1. The number of nitrogens with one attached hydrogen (secondary N) is 2. The average molecular weight is 337 g/mol. The van der Waals surface area contributed by atoms with Gasteiger partial charge in [-0.2, -0.15) is 0 Å². The van der Waals surface area contributed by atoms with Crippen LogP contribution < -0.4 is 11.1 Å². The molecule has 1 atom stereocenters. The van der Waals surface area contributed by atoms with Crippen molar-refractivity contribution < 1.29 is 9.21 Å². The minimum atomic E-state index is -0.500. The molecule has 4 rings (SSSR count). The Bertz CT molecular complexity index is 1000. The van der Waals surface area contributed by atoms with Gasteiger partial charge in [0.1, 0.15) is 6.17 Å². The number of para-hydroxylation sites is 2. The van der Waals surface area contributed by atoms with Gasteiger partial charge in [0.25, 0.3) is 5.91 Å². The van der Waals surface area contributed by atoms with E-state index in [1.807, 2.05) is 36.4 Å². The Morgan fingerprint density at radius 3 is 2.72 bits per heavy atom. The number of fused-ring (bicyclic) bond motifs is 2. The highest BCUT2D eigenvalue weighted by Crippen LogP contribution is 2.35. The number of rotatable bonds is 3. The van der Waals surface area contributed by atoms with Crippen LogP contribution in [0.3, 0.4) is 0 Å². The van der Waals surface area contributed by atoms with Crippen molar-refractivity contribution in [3.8, 4) is 0 Å². The van der Waals surface area contributed by atoms with Crippen LogP contribution in [0.2, 0.25) is 0 Å². The number of nitrogens with zero attached hydrogens (tertiary/aromatic N) is 1. The Labute approximate surface area is 144 Å². The van der Waals surface area contributed by atoms with Crippen molar-refractivity contribution >= 4 is 22.7 Å². The fraction of sp³-hybridized carbons (Fsp3) is 0.263. The van der Waals surface area contributed by atoms with E-state index in [0.29, 0.717) is 29.1 Å². The summed E-state index contributed by atoms with van der Waals surface area (Å²) in [5.74, 6) is -0.223. The maximum absolute atomic E-state index is 13.1. The molecule has 0 saturated heterocycles. The summed E-state index contributed by atoms with van der Waals surface area (Å²) in [6.45, 7) is 4.74. The number of benzene rings is 2. The van der Waals surface area contributed by atoms with Gasteiger partial charge in [0.2, 0.25) is 0 Å². The first-order valence-corrected chi connectivity index (χ1v) is 8.33. The Hall–Kier alpha value is -3.02. The molecule has 1 aromatic heterocycles. The van der Waals surface area contributed by atoms with Gasteiger partial charge in [0.05, 0.1) is 11.1 Å². The summed E-state index contributed by atoms with van der Waals surface area (Å²) in [6.07, 6.45) is -0.396. The third kappa shape index (κ3) is 2.59. The van der Waals surface area contributed by atoms with Crippen molar-refractivity contribution in [2.24, 2.45) is 5.92 Å². The number of amides is 1. The van der Waals surface area contributed by atoms with Crippen LogP contribution in [0.5, 0.6) is 0 Å². The fourth-order valence-electron chi connectivity index (χ4n) is 3.33. The van der Waals surface area contributed by atoms with Crippen molar-refractivity contribution in [2.75, 3.05) is 11.9 Å². The van der Waals surface area contributed by atoms with Gasteiger partial charge in [-0.05, 0) is 24.1 Å². The van der Waals surface area contributed by atoms with Crippen molar-refractivity contribution in [1.29, 1.82) is 0 Å². The smallest absolute Gasteiger partial charge is 0.407 e. The normalized spacial score (nSPS) is 17.0. The zero-order valence-corrected chi connectivity index (χ0v) is 14.1. The largest absolute Gasteiger partial charge is 0.417 e. The number of hydrogen-bond acceptors (Lipinski definition) is 4. The molecule has 0 fully saturated rings. The maximum Gasteiger partial charge on any atom is 0.417 e. The number of aromatic nitrogens is 1. The molecule has 128 valence electrons. The van der Waals surface area contributed by atoms with E-state index in [-0.39, 0.29) is 5.91 Å². The summed E-state index contributed by atoms with van der Waals surface area (Å²) in [5.41, 5.74) is 3.31. The lowest BCUT2D eigenvalue weighted by atomic mass is 10.0. The monoisotopic (exact) mass is 337 g/mol. The molecule has 6 nitrogen and oxygen atoms in total. The van der Waals surface area contributed by atoms with E-state index >= 15 is 0 Å². The number of carbonyl (C=O) groups excluding carboxylic acids is 1. The second-order valence-corrected chi connectivity index (χ2v) is 6.68. The zero-order chi connectivity index (χ0) is 17.6. The van der Waals surface area contributed by atoms with Gasteiger partial charge >= 0.3 is 5.76 Å². The topological polar surface area (TPSA) is 78.3 Å². The lowest BCUT2D eigenvalue weighted by molar-refractivity contribution is 0.0658. The summed E-state index contributed by atoms with van der Waals surface area (Å²) in [4.78, 5) is 29.2. The SMILES string of the molecule is CC(C)CN1C(=O)c2ccccc2NC1c1cccc2[nH]c(=O)oc12. The van der Waals surface area contributed by atoms with Crippen LogP contribution >= 0.6 is 0 Å². The Kier molecular flexibility index (Phi) is 3.60. The van der Waals surface area contributed by atoms with Gasteiger partial charge in [-0.1, -0.05) is 38.1 Å². The van der Waals surface area contributed by atoms with Gasteiger partial charge in [-0.15, -0.1) is 0 Å². The predicted molar refractivity (Wildman–Crippen MR) is 95.5 cm³/mol. The number of oxazole rings is 1. The molecule has 2 N–H and O–H groups in total. The molecule has 0 saturated carbocycles. The highest BCUT2D eigenvalue weighted by molar-refractivity contribution is 6.02. The van der Waals surface area contributed by atoms with Crippen LogP contribution in [0.15, 0.2) is 51.7 Å². The van der Waals surface area contributed by atoms with Crippen LogP contribution in [-0.4, -0.2) is 22.3 Å². The Morgan fingerprint density at radius 1 is 1.12 bits per heavy atom. The molecule has 1 unspecified atom stereocenters. The molecule has 0 aliphatic carbocycles. The van der Waals surface area contributed by atoms with Crippen molar-refractivity contribution in [3.05, 3.63) is 64.1 Å². The molecular weight excluding hydrogens is 318 g/mol. The van der Waals surface area contributed by atoms with E-state index in [1.165, 1.54) is 0 Å². The number of carbonyl (C=O) groups is 1. The standard InChI is InChI=1S/C19H19N3O3/c1-11(2)10-22-17(20-14-8-4-3-6-12(14)18(22)23)13-7-5-9-15-16(13)25-19(24)21-15/h3-9,11,17,20H,10H2,1-2H3,(H,21,24). The van der Waals surface area contributed by atoms with Gasteiger partial charge < -0.3 is 14.6 Å². The maximum atomic E-state index is 13.1. The van der Waals surface area contributed by atoms with E-state index < -0.39 is 11.9 Å². The summed E-state index contributed by atoms with van der Waals surface area (Å²) in [7, 11) is 0. The van der Waals surface area contributed by atoms with E-state index in [1.54, 1.807) is 11.0 Å². The molecule has 0 radical (unpaired) electrons. The summed E-state index contributed by atoms with van der Waals surface area (Å²) >= 11 is 0. The second-order valence-electron chi connectivity index (χ2n) is 6.68. The van der Waals surface area contributed by atoms with Crippen LogP contribution in [0.25, 0.3) is 11.1 Å². The van der Waals surface area contributed by atoms with E-state index in [9.17, 15) is 9.59 Å². The predicted octanol–water partition coefficient (Wildman–Crippen LogP) is 3.34. The second kappa shape index (κ2) is 5.81. The molecule has 2 aromatic carbocycles. The fourth-order valence-corrected chi connectivity index (χ4v) is 3.33. The number of aromatic amines is 1. The van der Waals surface area contributed by atoms with E-state index in [0.717, 1.165) is 11.3 Å². The quantitative estimate of drug-likeness (QED) is 0.768.